The normalized spacial score (nSPS) is 22.3. The Hall–Kier alpha value is -1.37. The average Bonchev–Trinajstić information content (AvgIpc) is 3.07. The van der Waals surface area contributed by atoms with Crippen molar-refractivity contribution in [1.29, 1.82) is 0 Å². The van der Waals surface area contributed by atoms with Gasteiger partial charge in [-0.3, -0.25) is 0 Å². The number of aromatic nitrogens is 2. The van der Waals surface area contributed by atoms with Crippen LogP contribution in [0.1, 0.15) is 29.7 Å². The van der Waals surface area contributed by atoms with Gasteiger partial charge in [0, 0.05) is 11.4 Å². The number of aryl methyl sites for hydroxylation is 1. The number of aliphatic hydroxyl groups excluding tert-OH is 1. The highest BCUT2D eigenvalue weighted by Crippen LogP contribution is 2.25. The lowest BCUT2D eigenvalue weighted by Crippen LogP contribution is -2.15. The molecule has 5 nitrogen and oxygen atoms in total. The molecule has 1 aromatic heterocycles. The Morgan fingerprint density at radius 3 is 2.90 bits per heavy atom. The van der Waals surface area contributed by atoms with Crippen LogP contribution in [-0.2, 0) is 5.75 Å². The van der Waals surface area contributed by atoms with E-state index in [-0.39, 0.29) is 12.1 Å². The number of aliphatic hydroxyl groups is 1. The van der Waals surface area contributed by atoms with Crippen molar-refractivity contribution in [2.24, 2.45) is 0 Å². The van der Waals surface area contributed by atoms with E-state index in [4.69, 9.17) is 4.52 Å². The first-order valence-corrected chi connectivity index (χ1v) is 7.62. The van der Waals surface area contributed by atoms with Crippen molar-refractivity contribution >= 4 is 11.8 Å². The quantitative estimate of drug-likeness (QED) is 0.840. The molecule has 0 saturated carbocycles. The minimum absolute atomic E-state index is 0.0179. The van der Waals surface area contributed by atoms with Crippen LogP contribution in [0.15, 0.2) is 33.7 Å². The molecule has 0 radical (unpaired) electrons. The van der Waals surface area contributed by atoms with E-state index in [2.05, 4.69) is 46.6 Å². The lowest BCUT2D eigenvalue weighted by atomic mass is 10.2. The Balaban J connectivity index is 1.58. The van der Waals surface area contributed by atoms with Gasteiger partial charge < -0.3 is 14.9 Å². The molecule has 2 N–H and O–H groups in total. The monoisotopic (exact) mass is 291 g/mol. The van der Waals surface area contributed by atoms with Crippen LogP contribution in [0.3, 0.4) is 0 Å². The largest absolute Gasteiger partial charge is 0.392 e. The van der Waals surface area contributed by atoms with Crippen LogP contribution in [0, 0.1) is 6.92 Å². The van der Waals surface area contributed by atoms with Gasteiger partial charge in [0.2, 0.25) is 5.89 Å². The molecule has 1 aliphatic heterocycles. The van der Waals surface area contributed by atoms with Gasteiger partial charge in [-0.2, -0.15) is 4.98 Å². The Morgan fingerprint density at radius 2 is 2.20 bits per heavy atom. The van der Waals surface area contributed by atoms with Crippen LogP contribution in [0.25, 0.3) is 0 Å². The Bertz CT molecular complexity index is 570. The standard InChI is InChI=1S/C14H17N3O2S/c1-9-2-4-11(5-3-9)20-8-13-16-14(19-17-13)12-6-10(18)7-15-12/h2-5,10,12,15,18H,6-8H2,1H3/t10-,12+/m0/s1. The fourth-order valence-corrected chi connectivity index (χ4v) is 2.90. The van der Waals surface area contributed by atoms with E-state index < -0.39 is 0 Å². The number of nitrogens with zero attached hydrogens (tertiary/aromatic N) is 2. The number of nitrogens with one attached hydrogen (secondary N) is 1. The lowest BCUT2D eigenvalue weighted by Gasteiger charge is -2.01. The van der Waals surface area contributed by atoms with Gasteiger partial charge in [-0.15, -0.1) is 11.8 Å². The average molecular weight is 291 g/mol. The van der Waals surface area contributed by atoms with Crippen molar-refractivity contribution in [3.05, 3.63) is 41.5 Å². The number of rotatable bonds is 4. The summed E-state index contributed by atoms with van der Waals surface area (Å²) in [5.41, 5.74) is 1.25. The number of β-amino-alcohol motifs (C(OH)–C–C–N with tert-alkyl or cyclic N) is 1. The van der Waals surface area contributed by atoms with E-state index in [0.717, 1.165) is 0 Å². The molecule has 6 heteroatoms. The van der Waals surface area contributed by atoms with Gasteiger partial charge in [-0.1, -0.05) is 22.9 Å². The highest BCUT2D eigenvalue weighted by Gasteiger charge is 2.27. The summed E-state index contributed by atoms with van der Waals surface area (Å²) in [6, 6.07) is 8.35. The van der Waals surface area contributed by atoms with Gasteiger partial charge in [0.25, 0.3) is 0 Å². The van der Waals surface area contributed by atoms with Gasteiger partial charge in [-0.25, -0.2) is 0 Å². The van der Waals surface area contributed by atoms with Crippen molar-refractivity contribution in [1.82, 2.24) is 15.5 Å². The number of thioether (sulfide) groups is 1. The molecule has 0 spiro atoms. The molecule has 0 unspecified atom stereocenters. The first kappa shape index (κ1) is 13.6. The van der Waals surface area contributed by atoms with Gasteiger partial charge in [-0.05, 0) is 25.5 Å². The molecule has 2 aromatic rings. The third-order valence-corrected chi connectivity index (χ3v) is 4.29. The Kier molecular flexibility index (Phi) is 4.05. The van der Waals surface area contributed by atoms with Gasteiger partial charge >= 0.3 is 0 Å². The maximum Gasteiger partial charge on any atom is 0.243 e. The molecule has 0 bridgehead atoms. The van der Waals surface area contributed by atoms with E-state index in [9.17, 15) is 5.11 Å². The highest BCUT2D eigenvalue weighted by molar-refractivity contribution is 7.98. The molecular formula is C14H17N3O2S. The fraction of sp³-hybridized carbons (Fsp3) is 0.429. The predicted molar refractivity (Wildman–Crippen MR) is 76.4 cm³/mol. The summed E-state index contributed by atoms with van der Waals surface area (Å²) in [4.78, 5) is 5.58. The summed E-state index contributed by atoms with van der Waals surface area (Å²) in [6.07, 6.45) is 0.310. The molecule has 1 saturated heterocycles. The van der Waals surface area contributed by atoms with Gasteiger partial charge in [0.1, 0.15) is 0 Å². The molecule has 0 amide bonds. The molecule has 20 heavy (non-hydrogen) atoms. The van der Waals surface area contributed by atoms with Gasteiger partial charge in [0.15, 0.2) is 5.82 Å². The molecular weight excluding hydrogens is 274 g/mol. The fourth-order valence-electron chi connectivity index (χ4n) is 2.16. The predicted octanol–water partition coefficient (Wildman–Crippen LogP) is 2.07. The molecule has 2 atom stereocenters. The Labute approximate surface area is 121 Å². The maximum absolute atomic E-state index is 9.49. The first-order chi connectivity index (χ1) is 9.70. The summed E-state index contributed by atoms with van der Waals surface area (Å²) >= 11 is 1.68. The van der Waals surface area contributed by atoms with Crippen LogP contribution in [0.5, 0.6) is 0 Å². The third kappa shape index (κ3) is 3.20. The van der Waals surface area contributed by atoms with Crippen LogP contribution in [-0.4, -0.2) is 27.9 Å². The summed E-state index contributed by atoms with van der Waals surface area (Å²) in [7, 11) is 0. The molecule has 106 valence electrons. The zero-order valence-electron chi connectivity index (χ0n) is 11.2. The summed E-state index contributed by atoms with van der Waals surface area (Å²) < 4.78 is 5.26. The topological polar surface area (TPSA) is 71.2 Å². The molecule has 1 fully saturated rings. The second-order valence-corrected chi connectivity index (χ2v) is 6.05. The second-order valence-electron chi connectivity index (χ2n) is 5.00. The smallest absolute Gasteiger partial charge is 0.243 e. The van der Waals surface area contributed by atoms with Crippen molar-refractivity contribution in [3.63, 3.8) is 0 Å². The molecule has 1 aliphatic rings. The van der Waals surface area contributed by atoms with E-state index >= 15 is 0 Å². The summed E-state index contributed by atoms with van der Waals surface area (Å²) in [5.74, 6) is 1.94. The number of hydrogen-bond acceptors (Lipinski definition) is 6. The molecule has 2 heterocycles. The van der Waals surface area contributed by atoms with E-state index in [1.807, 2.05) is 0 Å². The second kappa shape index (κ2) is 5.95. The summed E-state index contributed by atoms with van der Waals surface area (Å²) in [5, 5.41) is 16.6. The number of hydrogen-bond donors (Lipinski definition) is 2. The van der Waals surface area contributed by atoms with Crippen LogP contribution in [0.4, 0.5) is 0 Å². The van der Waals surface area contributed by atoms with Gasteiger partial charge in [0.05, 0.1) is 17.9 Å². The van der Waals surface area contributed by atoms with Crippen LogP contribution >= 0.6 is 11.8 Å². The number of benzene rings is 1. The van der Waals surface area contributed by atoms with E-state index in [0.29, 0.717) is 30.4 Å². The zero-order valence-corrected chi connectivity index (χ0v) is 12.1. The first-order valence-electron chi connectivity index (χ1n) is 6.64. The van der Waals surface area contributed by atoms with E-state index in [1.54, 1.807) is 11.8 Å². The zero-order chi connectivity index (χ0) is 13.9. The van der Waals surface area contributed by atoms with Crippen molar-refractivity contribution in [2.75, 3.05) is 6.54 Å². The third-order valence-electron chi connectivity index (χ3n) is 3.28. The van der Waals surface area contributed by atoms with Crippen LogP contribution in [0.2, 0.25) is 0 Å². The Morgan fingerprint density at radius 1 is 1.40 bits per heavy atom. The van der Waals surface area contributed by atoms with Crippen molar-refractivity contribution in [3.8, 4) is 0 Å². The minimum atomic E-state index is -0.322. The van der Waals surface area contributed by atoms with Crippen molar-refractivity contribution in [2.45, 2.75) is 36.1 Å². The molecule has 0 aliphatic carbocycles. The minimum Gasteiger partial charge on any atom is -0.392 e. The van der Waals surface area contributed by atoms with Crippen molar-refractivity contribution < 1.29 is 9.63 Å². The van der Waals surface area contributed by atoms with E-state index in [1.165, 1.54) is 10.5 Å². The highest BCUT2D eigenvalue weighted by atomic mass is 32.2. The molecule has 1 aromatic carbocycles. The summed E-state index contributed by atoms with van der Waals surface area (Å²) in [6.45, 7) is 2.66. The lowest BCUT2D eigenvalue weighted by molar-refractivity contribution is 0.191. The molecule has 3 rings (SSSR count). The van der Waals surface area contributed by atoms with Crippen LogP contribution < -0.4 is 5.32 Å². The SMILES string of the molecule is Cc1ccc(SCc2noc([C@H]3C[C@H](O)CN3)n2)cc1. The maximum atomic E-state index is 9.49.